The fourth-order valence-corrected chi connectivity index (χ4v) is 2.96. The molecule has 23 heavy (non-hydrogen) atoms. The number of nitrogens with zero attached hydrogens (tertiary/aromatic N) is 2. The Morgan fingerprint density at radius 3 is 2.87 bits per heavy atom. The molecule has 7 heteroatoms. The smallest absolute Gasteiger partial charge is 0.387 e. The topological polar surface area (TPSA) is 68.5 Å². The van der Waals surface area contributed by atoms with Gasteiger partial charge in [-0.1, -0.05) is 0 Å². The van der Waals surface area contributed by atoms with Gasteiger partial charge in [-0.2, -0.15) is 8.78 Å². The zero-order valence-corrected chi connectivity index (χ0v) is 12.6. The quantitative estimate of drug-likeness (QED) is 0.939. The molecular formula is C16H17F2N3O2. The van der Waals surface area contributed by atoms with Crippen molar-refractivity contribution in [3.05, 3.63) is 30.0 Å². The van der Waals surface area contributed by atoms with E-state index >= 15 is 0 Å². The average molecular weight is 321 g/mol. The molecule has 0 aliphatic carbocycles. The summed E-state index contributed by atoms with van der Waals surface area (Å²) in [5.74, 6) is -0.423. The Bertz CT molecular complexity index is 751. The van der Waals surface area contributed by atoms with Crippen LogP contribution in [0.5, 0.6) is 5.75 Å². The molecule has 1 aliphatic heterocycles. The van der Waals surface area contributed by atoms with Crippen LogP contribution in [0.3, 0.4) is 0 Å². The van der Waals surface area contributed by atoms with Gasteiger partial charge >= 0.3 is 6.61 Å². The van der Waals surface area contributed by atoms with Crippen molar-refractivity contribution in [3.63, 3.8) is 0 Å². The number of amides is 1. The molecule has 1 amide bonds. The Balaban J connectivity index is 2.02. The fraction of sp³-hybridized carbons (Fsp3) is 0.375. The molecule has 2 aromatic rings. The number of halogens is 2. The third kappa shape index (κ3) is 3.18. The number of ether oxygens (including phenoxy) is 1. The van der Waals surface area contributed by atoms with Gasteiger partial charge in [0.05, 0.1) is 11.4 Å². The van der Waals surface area contributed by atoms with Gasteiger partial charge in [0.15, 0.2) is 0 Å². The van der Waals surface area contributed by atoms with Crippen LogP contribution in [-0.4, -0.2) is 30.6 Å². The summed E-state index contributed by atoms with van der Waals surface area (Å²) in [4.78, 5) is 17.8. The van der Waals surface area contributed by atoms with Gasteiger partial charge in [-0.25, -0.2) is 0 Å². The van der Waals surface area contributed by atoms with Crippen LogP contribution in [0.2, 0.25) is 0 Å². The highest BCUT2D eigenvalue weighted by Gasteiger charge is 2.28. The maximum atomic E-state index is 12.4. The van der Waals surface area contributed by atoms with Crippen LogP contribution in [0.25, 0.3) is 10.9 Å². The van der Waals surface area contributed by atoms with Gasteiger partial charge in [0.25, 0.3) is 0 Å². The number of fused-ring (bicyclic) bond motifs is 1. The number of primary amides is 1. The van der Waals surface area contributed by atoms with E-state index in [0.717, 1.165) is 16.8 Å². The largest absolute Gasteiger partial charge is 0.435 e. The highest BCUT2D eigenvalue weighted by Crippen LogP contribution is 2.33. The van der Waals surface area contributed by atoms with Crippen LogP contribution < -0.4 is 15.4 Å². The van der Waals surface area contributed by atoms with Crippen LogP contribution in [-0.2, 0) is 4.79 Å². The van der Waals surface area contributed by atoms with Gasteiger partial charge in [0, 0.05) is 29.9 Å². The molecule has 1 aromatic carbocycles. The van der Waals surface area contributed by atoms with E-state index in [2.05, 4.69) is 9.72 Å². The van der Waals surface area contributed by atoms with Crippen molar-refractivity contribution in [2.24, 2.45) is 11.7 Å². The number of alkyl halides is 2. The third-order valence-electron chi connectivity index (χ3n) is 4.04. The first-order valence-corrected chi connectivity index (χ1v) is 7.34. The molecule has 1 saturated heterocycles. The molecule has 1 fully saturated rings. The van der Waals surface area contributed by atoms with Crippen molar-refractivity contribution in [2.75, 3.05) is 18.0 Å². The highest BCUT2D eigenvalue weighted by atomic mass is 19.3. The Hall–Kier alpha value is -2.44. The van der Waals surface area contributed by atoms with Crippen molar-refractivity contribution in [1.82, 2.24) is 4.98 Å². The predicted molar refractivity (Wildman–Crippen MR) is 82.6 cm³/mol. The number of anilines is 1. The molecular weight excluding hydrogens is 304 g/mol. The lowest BCUT2D eigenvalue weighted by Gasteiger charge is -2.21. The van der Waals surface area contributed by atoms with E-state index in [9.17, 15) is 13.6 Å². The van der Waals surface area contributed by atoms with Crippen LogP contribution in [0.4, 0.5) is 14.5 Å². The monoisotopic (exact) mass is 321 g/mol. The van der Waals surface area contributed by atoms with E-state index in [-0.39, 0.29) is 17.6 Å². The number of carbonyl (C=O) groups is 1. The minimum Gasteiger partial charge on any atom is -0.435 e. The number of hydrogen-bond donors (Lipinski definition) is 1. The van der Waals surface area contributed by atoms with Crippen molar-refractivity contribution in [2.45, 2.75) is 20.0 Å². The molecule has 0 bridgehead atoms. The molecule has 5 nitrogen and oxygen atoms in total. The van der Waals surface area contributed by atoms with E-state index in [1.54, 1.807) is 12.1 Å². The first-order chi connectivity index (χ1) is 10.9. The Kier molecular flexibility index (Phi) is 4.02. The summed E-state index contributed by atoms with van der Waals surface area (Å²) in [5, 5.41) is 0.721. The average Bonchev–Trinajstić information content (AvgIpc) is 2.96. The van der Waals surface area contributed by atoms with Crippen molar-refractivity contribution < 1.29 is 18.3 Å². The van der Waals surface area contributed by atoms with Crippen molar-refractivity contribution in [1.29, 1.82) is 0 Å². The Morgan fingerprint density at radius 2 is 2.22 bits per heavy atom. The third-order valence-corrected chi connectivity index (χ3v) is 4.04. The van der Waals surface area contributed by atoms with Crippen molar-refractivity contribution >= 4 is 22.5 Å². The molecule has 0 saturated carbocycles. The number of rotatable bonds is 4. The second-order valence-corrected chi connectivity index (χ2v) is 5.67. The molecule has 3 rings (SSSR count). The molecule has 122 valence electrons. The minimum atomic E-state index is -2.87. The SMILES string of the molecule is Cc1cc(N2CC[C@H](C(N)=O)C2)c2cc(OC(F)F)ccc2n1. The van der Waals surface area contributed by atoms with Gasteiger partial charge in [0.2, 0.25) is 5.91 Å². The molecule has 0 unspecified atom stereocenters. The lowest BCUT2D eigenvalue weighted by Crippen LogP contribution is -2.27. The summed E-state index contributed by atoms with van der Waals surface area (Å²) < 4.78 is 29.3. The highest BCUT2D eigenvalue weighted by molar-refractivity contribution is 5.93. The number of benzene rings is 1. The lowest BCUT2D eigenvalue weighted by molar-refractivity contribution is -0.121. The van der Waals surface area contributed by atoms with Crippen LogP contribution >= 0.6 is 0 Å². The zero-order chi connectivity index (χ0) is 16.6. The molecule has 0 radical (unpaired) electrons. The molecule has 1 aromatic heterocycles. The van der Waals surface area contributed by atoms with Gasteiger partial charge in [-0.3, -0.25) is 9.78 Å². The second kappa shape index (κ2) is 5.98. The molecule has 2 heterocycles. The van der Waals surface area contributed by atoms with E-state index in [1.165, 1.54) is 6.07 Å². The van der Waals surface area contributed by atoms with Crippen LogP contribution in [0.15, 0.2) is 24.3 Å². The maximum absolute atomic E-state index is 12.4. The number of pyridine rings is 1. The normalized spacial score (nSPS) is 17.9. The summed E-state index contributed by atoms with van der Waals surface area (Å²) in [5.41, 5.74) is 7.75. The molecule has 1 aliphatic rings. The maximum Gasteiger partial charge on any atom is 0.387 e. The lowest BCUT2D eigenvalue weighted by atomic mass is 10.1. The first kappa shape index (κ1) is 15.5. The first-order valence-electron chi connectivity index (χ1n) is 7.34. The number of aromatic nitrogens is 1. The number of carbonyl (C=O) groups excluding carboxylic acids is 1. The van der Waals surface area contributed by atoms with E-state index in [1.807, 2.05) is 17.9 Å². The van der Waals surface area contributed by atoms with E-state index < -0.39 is 6.61 Å². The minimum absolute atomic E-state index is 0.0880. The van der Waals surface area contributed by atoms with Gasteiger partial charge in [0.1, 0.15) is 5.75 Å². The Labute approximate surface area is 132 Å². The summed E-state index contributed by atoms with van der Waals surface area (Å²) in [6, 6.07) is 6.57. The van der Waals surface area contributed by atoms with Crippen LogP contribution in [0, 0.1) is 12.8 Å². The standard InChI is InChI=1S/C16H17F2N3O2/c1-9-6-14(21-5-4-10(8-21)15(19)22)12-7-11(23-16(17)18)2-3-13(12)20-9/h2-3,6-7,10,16H,4-5,8H2,1H3,(H2,19,22)/t10-/m0/s1. The summed E-state index contributed by atoms with van der Waals surface area (Å²) in [6.45, 7) is 0.203. The fourth-order valence-electron chi connectivity index (χ4n) is 2.96. The number of nitrogens with two attached hydrogens (primary N) is 1. The van der Waals surface area contributed by atoms with Crippen molar-refractivity contribution in [3.8, 4) is 5.75 Å². The van der Waals surface area contributed by atoms with Gasteiger partial charge in [-0.05, 0) is 37.6 Å². The molecule has 2 N–H and O–H groups in total. The Morgan fingerprint density at radius 1 is 1.43 bits per heavy atom. The number of aryl methyl sites for hydroxylation is 1. The summed E-state index contributed by atoms with van der Waals surface area (Å²) in [6.07, 6.45) is 0.686. The predicted octanol–water partition coefficient (Wildman–Crippen LogP) is 2.46. The van der Waals surface area contributed by atoms with Crippen LogP contribution in [0.1, 0.15) is 12.1 Å². The molecule has 1 atom stereocenters. The zero-order valence-electron chi connectivity index (χ0n) is 12.6. The van der Waals surface area contributed by atoms with E-state index in [4.69, 9.17) is 5.73 Å². The second-order valence-electron chi connectivity index (χ2n) is 5.67. The van der Waals surface area contributed by atoms with Gasteiger partial charge in [-0.15, -0.1) is 0 Å². The molecule has 0 spiro atoms. The summed E-state index contributed by atoms with van der Waals surface area (Å²) >= 11 is 0. The summed E-state index contributed by atoms with van der Waals surface area (Å²) in [7, 11) is 0. The van der Waals surface area contributed by atoms with E-state index in [0.29, 0.717) is 25.0 Å². The number of hydrogen-bond acceptors (Lipinski definition) is 4. The van der Waals surface area contributed by atoms with Gasteiger partial charge < -0.3 is 15.4 Å².